The third kappa shape index (κ3) is 2.56. The molecule has 1 nitrogen and oxygen atoms in total. The number of hydrogen-bond acceptors (Lipinski definition) is 1. The third-order valence-electron chi connectivity index (χ3n) is 2.66. The van der Waals surface area contributed by atoms with Crippen molar-refractivity contribution in [2.24, 2.45) is 0 Å². The molecule has 1 N–H and O–H groups in total. The van der Waals surface area contributed by atoms with Crippen LogP contribution in [0.15, 0.2) is 30.3 Å². The molecule has 0 radical (unpaired) electrons. The molecule has 0 saturated heterocycles. The highest BCUT2D eigenvalue weighted by Gasteiger charge is 2.20. The minimum absolute atomic E-state index is 0.641. The molecule has 1 aliphatic rings. The van der Waals surface area contributed by atoms with Gasteiger partial charge < -0.3 is 5.32 Å². The number of nitrogens with one attached hydrogen (secondary N) is 1. The zero-order valence-corrected chi connectivity index (χ0v) is 8.16. The van der Waals surface area contributed by atoms with E-state index in [4.69, 9.17) is 0 Å². The van der Waals surface area contributed by atoms with Crippen LogP contribution in [0.4, 0.5) is 0 Å². The molecule has 1 heteroatoms. The highest BCUT2D eigenvalue weighted by molar-refractivity contribution is 5.19. The molecule has 1 aliphatic carbocycles. The van der Waals surface area contributed by atoms with Gasteiger partial charge in [-0.15, -0.1) is 0 Å². The average Bonchev–Trinajstić information content (AvgIpc) is 2.99. The van der Waals surface area contributed by atoms with Gasteiger partial charge >= 0.3 is 0 Å². The minimum atomic E-state index is 0.641. The van der Waals surface area contributed by atoms with Gasteiger partial charge in [0.1, 0.15) is 0 Å². The topological polar surface area (TPSA) is 12.0 Å². The first-order valence-corrected chi connectivity index (χ1v) is 5.14. The van der Waals surface area contributed by atoms with Gasteiger partial charge in [0.15, 0.2) is 0 Å². The molecule has 0 unspecified atom stereocenters. The Bertz CT molecular complexity index is 251. The van der Waals surface area contributed by atoms with Gasteiger partial charge in [-0.1, -0.05) is 37.3 Å². The van der Waals surface area contributed by atoms with E-state index in [0.29, 0.717) is 5.92 Å². The zero-order valence-electron chi connectivity index (χ0n) is 8.16. The minimum Gasteiger partial charge on any atom is -0.313 e. The summed E-state index contributed by atoms with van der Waals surface area (Å²) in [6, 6.07) is 11.5. The third-order valence-corrected chi connectivity index (χ3v) is 2.66. The van der Waals surface area contributed by atoms with E-state index in [-0.39, 0.29) is 0 Å². The Morgan fingerprint density at radius 1 is 1.31 bits per heavy atom. The molecule has 0 aromatic heterocycles. The zero-order chi connectivity index (χ0) is 9.10. The molecule has 1 fully saturated rings. The van der Waals surface area contributed by atoms with Crippen LogP contribution in [-0.2, 0) is 0 Å². The van der Waals surface area contributed by atoms with Crippen LogP contribution >= 0.6 is 0 Å². The lowest BCUT2D eigenvalue weighted by Crippen LogP contribution is -2.21. The van der Waals surface area contributed by atoms with Gasteiger partial charge in [-0.25, -0.2) is 0 Å². The van der Waals surface area contributed by atoms with Crippen molar-refractivity contribution in [2.45, 2.75) is 31.7 Å². The summed E-state index contributed by atoms with van der Waals surface area (Å²) in [7, 11) is 0. The van der Waals surface area contributed by atoms with Crippen molar-refractivity contribution in [2.75, 3.05) is 6.54 Å². The Kier molecular flexibility index (Phi) is 2.65. The van der Waals surface area contributed by atoms with Crippen LogP contribution in [0.1, 0.15) is 31.2 Å². The summed E-state index contributed by atoms with van der Waals surface area (Å²) in [5, 5.41) is 3.55. The van der Waals surface area contributed by atoms with E-state index in [1.54, 1.807) is 0 Å². The lowest BCUT2D eigenvalue weighted by molar-refractivity contribution is 0.612. The molecule has 1 aromatic rings. The van der Waals surface area contributed by atoms with E-state index >= 15 is 0 Å². The second-order valence-corrected chi connectivity index (χ2v) is 3.99. The second kappa shape index (κ2) is 3.93. The van der Waals surface area contributed by atoms with E-state index in [1.165, 1.54) is 18.4 Å². The van der Waals surface area contributed by atoms with Gasteiger partial charge in [0, 0.05) is 12.6 Å². The van der Waals surface area contributed by atoms with Gasteiger partial charge in [0.05, 0.1) is 0 Å². The van der Waals surface area contributed by atoms with Gasteiger partial charge in [-0.2, -0.15) is 0 Å². The Hall–Kier alpha value is -0.820. The molecule has 0 heterocycles. The summed E-state index contributed by atoms with van der Waals surface area (Å²) in [5.41, 5.74) is 1.44. The summed E-state index contributed by atoms with van der Waals surface area (Å²) >= 11 is 0. The molecular weight excluding hydrogens is 158 g/mol. The maximum absolute atomic E-state index is 3.55. The van der Waals surface area contributed by atoms with Crippen LogP contribution in [0.25, 0.3) is 0 Å². The fourth-order valence-electron chi connectivity index (χ4n) is 1.53. The summed E-state index contributed by atoms with van der Waals surface area (Å²) < 4.78 is 0. The highest BCUT2D eigenvalue weighted by Crippen LogP contribution is 2.20. The summed E-state index contributed by atoms with van der Waals surface area (Å²) in [6.07, 6.45) is 2.75. The maximum atomic E-state index is 3.55. The molecule has 0 bridgehead atoms. The van der Waals surface area contributed by atoms with E-state index < -0.39 is 0 Å². The van der Waals surface area contributed by atoms with Crippen LogP contribution in [0, 0.1) is 0 Å². The molecule has 70 valence electrons. The SMILES string of the molecule is C[C@@H](CNC1CC1)c1ccccc1. The molecule has 13 heavy (non-hydrogen) atoms. The summed E-state index contributed by atoms with van der Waals surface area (Å²) in [5.74, 6) is 0.641. The van der Waals surface area contributed by atoms with Crippen molar-refractivity contribution in [3.63, 3.8) is 0 Å². The first-order chi connectivity index (χ1) is 6.36. The van der Waals surface area contributed by atoms with Crippen molar-refractivity contribution in [3.05, 3.63) is 35.9 Å². The average molecular weight is 175 g/mol. The molecule has 0 spiro atoms. The highest BCUT2D eigenvalue weighted by atomic mass is 14.9. The second-order valence-electron chi connectivity index (χ2n) is 3.99. The van der Waals surface area contributed by atoms with E-state index in [0.717, 1.165) is 12.6 Å². The number of benzene rings is 1. The van der Waals surface area contributed by atoms with Crippen molar-refractivity contribution in [3.8, 4) is 0 Å². The summed E-state index contributed by atoms with van der Waals surface area (Å²) in [6.45, 7) is 3.40. The quantitative estimate of drug-likeness (QED) is 0.741. The van der Waals surface area contributed by atoms with Crippen LogP contribution < -0.4 is 5.32 Å². The molecule has 1 saturated carbocycles. The molecule has 0 aliphatic heterocycles. The van der Waals surface area contributed by atoms with Gasteiger partial charge in [-0.3, -0.25) is 0 Å². The van der Waals surface area contributed by atoms with Crippen LogP contribution in [0.5, 0.6) is 0 Å². The fourth-order valence-corrected chi connectivity index (χ4v) is 1.53. The predicted molar refractivity (Wildman–Crippen MR) is 55.9 cm³/mol. The molecular formula is C12H17N. The van der Waals surface area contributed by atoms with Crippen LogP contribution in [-0.4, -0.2) is 12.6 Å². The maximum Gasteiger partial charge on any atom is 0.00684 e. The normalized spacial score (nSPS) is 18.5. The predicted octanol–water partition coefficient (Wildman–Crippen LogP) is 2.54. The van der Waals surface area contributed by atoms with Gasteiger partial charge in [0.25, 0.3) is 0 Å². The van der Waals surface area contributed by atoms with E-state index in [2.05, 4.69) is 42.6 Å². The standard InChI is InChI=1S/C12H17N/c1-10(9-13-12-7-8-12)11-5-3-2-4-6-11/h2-6,10,12-13H,7-9H2,1H3/t10-/m0/s1. The van der Waals surface area contributed by atoms with Crippen LogP contribution in [0.3, 0.4) is 0 Å². The Morgan fingerprint density at radius 2 is 2.00 bits per heavy atom. The van der Waals surface area contributed by atoms with Gasteiger partial charge in [0.2, 0.25) is 0 Å². The fraction of sp³-hybridized carbons (Fsp3) is 0.500. The van der Waals surface area contributed by atoms with Gasteiger partial charge in [-0.05, 0) is 24.3 Å². The first-order valence-electron chi connectivity index (χ1n) is 5.14. The largest absolute Gasteiger partial charge is 0.313 e. The Morgan fingerprint density at radius 3 is 2.62 bits per heavy atom. The Labute approximate surface area is 80.2 Å². The van der Waals surface area contributed by atoms with E-state index in [1.807, 2.05) is 0 Å². The first kappa shape index (κ1) is 8.76. The lowest BCUT2D eigenvalue weighted by atomic mass is 10.0. The smallest absolute Gasteiger partial charge is 0.00684 e. The molecule has 2 rings (SSSR count). The van der Waals surface area contributed by atoms with E-state index in [9.17, 15) is 0 Å². The molecule has 0 amide bonds. The van der Waals surface area contributed by atoms with Crippen molar-refractivity contribution < 1.29 is 0 Å². The Balaban J connectivity index is 1.85. The molecule has 1 aromatic carbocycles. The summed E-state index contributed by atoms with van der Waals surface area (Å²) in [4.78, 5) is 0. The lowest BCUT2D eigenvalue weighted by Gasteiger charge is -2.12. The number of rotatable bonds is 4. The van der Waals surface area contributed by atoms with Crippen molar-refractivity contribution in [1.29, 1.82) is 0 Å². The molecule has 1 atom stereocenters. The van der Waals surface area contributed by atoms with Crippen molar-refractivity contribution in [1.82, 2.24) is 5.32 Å². The number of hydrogen-bond donors (Lipinski definition) is 1. The van der Waals surface area contributed by atoms with Crippen LogP contribution in [0.2, 0.25) is 0 Å². The monoisotopic (exact) mass is 175 g/mol. The van der Waals surface area contributed by atoms with Crippen molar-refractivity contribution >= 4 is 0 Å².